The molecule has 3 heterocycles. The fourth-order valence-electron chi connectivity index (χ4n) is 6.64. The number of aromatic nitrogens is 2. The number of anilines is 1. The molecule has 1 aromatic heterocycles. The third-order valence-electron chi connectivity index (χ3n) is 10.8. The molecule has 1 aromatic rings. The molecule has 0 bridgehead atoms. The Morgan fingerprint density at radius 1 is 0.982 bits per heavy atom. The van der Waals surface area contributed by atoms with Gasteiger partial charge in [0.25, 0.3) is 0 Å². The van der Waals surface area contributed by atoms with Gasteiger partial charge in [0.1, 0.15) is 42.3 Å². The minimum Gasteiger partial charge on any atom is -0.437 e. The molecule has 0 aromatic carbocycles. The van der Waals surface area contributed by atoms with Gasteiger partial charge in [0.15, 0.2) is 22.8 Å². The van der Waals surface area contributed by atoms with Crippen LogP contribution in [0, 0.1) is 0 Å². The van der Waals surface area contributed by atoms with Gasteiger partial charge in [-0.1, -0.05) is 70.1 Å². The molecule has 0 saturated carbocycles. The summed E-state index contributed by atoms with van der Waals surface area (Å²) in [5.41, 5.74) is -1.09. The lowest BCUT2D eigenvalue weighted by molar-refractivity contribution is -0.271. The van der Waals surface area contributed by atoms with Crippen LogP contribution in [0.1, 0.15) is 61.1 Å². The number of aliphatic hydroxyl groups is 3. The first-order valence-electron chi connectivity index (χ1n) is 19.4. The van der Waals surface area contributed by atoms with Gasteiger partial charge in [-0.05, 0) is 48.8 Å². The highest BCUT2D eigenvalue weighted by molar-refractivity contribution is 8.76. The largest absolute Gasteiger partial charge is 0.437 e. The van der Waals surface area contributed by atoms with E-state index in [4.69, 9.17) is 27.8 Å². The van der Waals surface area contributed by atoms with Crippen LogP contribution in [0.15, 0.2) is 17.1 Å². The molecule has 57 heavy (non-hydrogen) atoms. The summed E-state index contributed by atoms with van der Waals surface area (Å²) in [5, 5.41) is 31.3. The Morgan fingerprint density at radius 3 is 2.18 bits per heavy atom. The number of carbonyl (C=O) groups excluding carboxylic acids is 2. The van der Waals surface area contributed by atoms with E-state index in [1.165, 1.54) is 11.0 Å². The molecule has 8 atom stereocenters. The maximum atomic E-state index is 16.4. The van der Waals surface area contributed by atoms with Crippen molar-refractivity contribution in [3.8, 4) is 0 Å². The topological polar surface area (TPSA) is 200 Å². The normalized spacial score (nSPS) is 26.3. The van der Waals surface area contributed by atoms with Crippen LogP contribution in [-0.2, 0) is 27.8 Å². The highest BCUT2D eigenvalue weighted by Gasteiger charge is 2.62. The maximum Gasteiger partial charge on any atom is 0.413 e. The molecule has 0 aliphatic carbocycles. The van der Waals surface area contributed by atoms with Crippen molar-refractivity contribution in [3.05, 3.63) is 22.7 Å². The standard InChI is InChI=1S/C34H59F3N4O12S2Si2/c1-8-16-40(33(47)52-29-25(35)27(44)26(43)22(18-42)50-29)20-54-55-21-48-32(46)39-24-15-17-41(31(45)38-24)30-34(36,37)28(53-57(12-5,13-6)14-7)23(51-30)19-49-56(9-2,10-3)11-4/h15,17,22-23,25-30,42-44H,8-14,16,18-21H2,1-7H3,(H,38,39,45,46)/t22-,23-,25-,26-,27-,28-,29+,30-/m1/s1. The average Bonchev–Trinajstić information content (AvgIpc) is 3.44. The van der Waals surface area contributed by atoms with Crippen molar-refractivity contribution >= 4 is 56.2 Å². The number of alkyl halides is 3. The van der Waals surface area contributed by atoms with Gasteiger partial charge in [0, 0.05) is 12.7 Å². The van der Waals surface area contributed by atoms with E-state index in [-0.39, 0.29) is 30.8 Å². The summed E-state index contributed by atoms with van der Waals surface area (Å²) in [4.78, 5) is 43.4. The van der Waals surface area contributed by atoms with E-state index in [2.05, 4.69) is 10.3 Å². The van der Waals surface area contributed by atoms with Gasteiger partial charge in [-0.25, -0.2) is 18.8 Å². The van der Waals surface area contributed by atoms with Gasteiger partial charge in [0.2, 0.25) is 12.5 Å². The number of ether oxygens (including phenoxy) is 4. The second kappa shape index (κ2) is 22.6. The molecule has 2 saturated heterocycles. The number of nitrogens with one attached hydrogen (secondary N) is 1. The summed E-state index contributed by atoms with van der Waals surface area (Å²) in [5.74, 6) is -4.09. The molecule has 0 unspecified atom stereocenters. The lowest BCUT2D eigenvalue weighted by Gasteiger charge is -2.38. The number of amides is 2. The predicted molar refractivity (Wildman–Crippen MR) is 214 cm³/mol. The van der Waals surface area contributed by atoms with E-state index < -0.39 is 96.2 Å². The molecule has 2 aliphatic heterocycles. The smallest absolute Gasteiger partial charge is 0.413 e. The monoisotopic (exact) mass is 892 g/mol. The summed E-state index contributed by atoms with van der Waals surface area (Å²) >= 11 is 0. The van der Waals surface area contributed by atoms with Crippen LogP contribution < -0.4 is 11.0 Å². The summed E-state index contributed by atoms with van der Waals surface area (Å²) in [6, 6.07) is 5.51. The summed E-state index contributed by atoms with van der Waals surface area (Å²) in [6.45, 7) is 13.1. The number of hydrogen-bond donors (Lipinski definition) is 4. The third kappa shape index (κ3) is 12.3. The van der Waals surface area contributed by atoms with Crippen LogP contribution in [0.3, 0.4) is 0 Å². The van der Waals surface area contributed by atoms with Crippen LogP contribution in [0.2, 0.25) is 36.3 Å². The first kappa shape index (κ1) is 49.4. The third-order valence-corrected chi connectivity index (χ3v) is 21.9. The Kier molecular flexibility index (Phi) is 19.6. The molecule has 0 spiro atoms. The van der Waals surface area contributed by atoms with E-state index in [0.717, 1.165) is 45.9 Å². The van der Waals surface area contributed by atoms with Crippen molar-refractivity contribution in [2.45, 2.75) is 146 Å². The van der Waals surface area contributed by atoms with Crippen LogP contribution in [0.5, 0.6) is 0 Å². The second-order valence-electron chi connectivity index (χ2n) is 13.9. The highest BCUT2D eigenvalue weighted by atomic mass is 33.1. The number of aliphatic hydroxyl groups excluding tert-OH is 3. The van der Waals surface area contributed by atoms with E-state index in [0.29, 0.717) is 29.1 Å². The number of rotatable bonds is 22. The van der Waals surface area contributed by atoms with Gasteiger partial charge in [-0.3, -0.25) is 14.8 Å². The van der Waals surface area contributed by atoms with E-state index in [1.807, 2.05) is 41.5 Å². The fraction of sp³-hybridized carbons (Fsp3) is 0.824. The van der Waals surface area contributed by atoms with E-state index >= 15 is 8.78 Å². The average molecular weight is 893 g/mol. The van der Waals surface area contributed by atoms with Gasteiger partial charge in [-0.15, -0.1) is 0 Å². The number of nitrogens with zero attached hydrogens (tertiary/aromatic N) is 3. The number of halogens is 3. The lowest BCUT2D eigenvalue weighted by Crippen LogP contribution is -2.58. The highest BCUT2D eigenvalue weighted by Crippen LogP contribution is 2.46. The minimum atomic E-state index is -3.62. The molecule has 3 rings (SSSR count). The van der Waals surface area contributed by atoms with Crippen LogP contribution in [0.4, 0.5) is 28.6 Å². The number of hydrogen-bond acceptors (Lipinski definition) is 15. The van der Waals surface area contributed by atoms with Crippen LogP contribution >= 0.6 is 21.6 Å². The molecule has 23 heteroatoms. The zero-order valence-electron chi connectivity index (χ0n) is 33.6. The van der Waals surface area contributed by atoms with Crippen LogP contribution in [-0.4, -0.2) is 139 Å². The molecule has 2 fully saturated rings. The zero-order chi connectivity index (χ0) is 42.6. The molecule has 16 nitrogen and oxygen atoms in total. The Bertz CT molecular complexity index is 1470. The van der Waals surface area contributed by atoms with Gasteiger partial charge in [-0.2, -0.15) is 13.8 Å². The van der Waals surface area contributed by atoms with Crippen molar-refractivity contribution in [3.63, 3.8) is 0 Å². The molecule has 4 N–H and O–H groups in total. The Balaban J connectivity index is 1.60. The predicted octanol–water partition coefficient (Wildman–Crippen LogP) is 5.66. The molecule has 2 amide bonds. The van der Waals surface area contributed by atoms with Crippen molar-refractivity contribution in [1.29, 1.82) is 0 Å². The van der Waals surface area contributed by atoms with Gasteiger partial charge >= 0.3 is 23.8 Å². The minimum absolute atomic E-state index is 0.00422. The summed E-state index contributed by atoms with van der Waals surface area (Å²) < 4.78 is 82.0. The first-order chi connectivity index (χ1) is 27.0. The lowest BCUT2D eigenvalue weighted by atomic mass is 10.0. The second-order valence-corrected chi connectivity index (χ2v) is 25.8. The Labute approximate surface area is 341 Å². The van der Waals surface area contributed by atoms with E-state index in [9.17, 15) is 34.1 Å². The van der Waals surface area contributed by atoms with Crippen molar-refractivity contribution in [1.82, 2.24) is 14.5 Å². The van der Waals surface area contributed by atoms with Crippen molar-refractivity contribution in [2.24, 2.45) is 0 Å². The van der Waals surface area contributed by atoms with Crippen LogP contribution in [0.25, 0.3) is 0 Å². The SMILES string of the molecule is CCCN(CSSCOC(=O)Nc1ccn([C@@H]2O[C@H](CO[Si](CC)(CC)CC)[C@@H](O[Si](CC)(CC)CC)C2(F)F)c(=O)n1)C(=O)O[C@@H]1O[C@H](CO)[C@@H](O)[C@H](O)[C@H]1F. The molecular weight excluding hydrogens is 834 g/mol. The Hall–Kier alpha value is -1.94. The fourth-order valence-corrected chi connectivity index (χ4v) is 13.7. The Morgan fingerprint density at radius 2 is 1.61 bits per heavy atom. The molecule has 0 radical (unpaired) electrons. The summed E-state index contributed by atoms with van der Waals surface area (Å²) in [7, 11) is -2.64. The summed E-state index contributed by atoms with van der Waals surface area (Å²) in [6.07, 6.45) is -14.3. The molecule has 2 aliphatic rings. The van der Waals surface area contributed by atoms with Crippen molar-refractivity contribution in [2.75, 3.05) is 36.9 Å². The molecular formula is C34H59F3N4O12S2Si2. The number of carbonyl (C=O) groups is 2. The quantitative estimate of drug-likeness (QED) is 0.0481. The van der Waals surface area contributed by atoms with Crippen molar-refractivity contribution < 1.29 is 65.9 Å². The first-order valence-corrected chi connectivity index (χ1v) is 26.9. The van der Waals surface area contributed by atoms with Gasteiger partial charge in [0.05, 0.1) is 19.1 Å². The maximum absolute atomic E-state index is 16.4. The zero-order valence-corrected chi connectivity index (χ0v) is 37.2. The van der Waals surface area contributed by atoms with E-state index in [1.54, 1.807) is 6.92 Å². The van der Waals surface area contributed by atoms with Gasteiger partial charge < -0.3 is 43.1 Å². The molecule has 328 valence electrons.